The van der Waals surface area contributed by atoms with Crippen LogP contribution in [-0.2, 0) is 4.79 Å². The molecule has 1 aliphatic rings. The molecule has 2 heterocycles. The second kappa shape index (κ2) is 5.91. The smallest absolute Gasteiger partial charge is 0.289 e. The molecule has 1 fully saturated rings. The molecule has 1 aromatic heterocycles. The van der Waals surface area contributed by atoms with E-state index < -0.39 is 0 Å². The molecule has 0 saturated carbocycles. The van der Waals surface area contributed by atoms with Gasteiger partial charge in [0.25, 0.3) is 5.91 Å². The highest BCUT2D eigenvalue weighted by atomic mass is 16.4. The van der Waals surface area contributed by atoms with Gasteiger partial charge in [-0.25, -0.2) is 0 Å². The first-order valence-corrected chi connectivity index (χ1v) is 6.80. The Morgan fingerprint density at radius 3 is 2.89 bits per heavy atom. The van der Waals surface area contributed by atoms with Crippen molar-refractivity contribution >= 4 is 17.7 Å². The van der Waals surface area contributed by atoms with Gasteiger partial charge < -0.3 is 9.32 Å². The van der Waals surface area contributed by atoms with Crippen molar-refractivity contribution in [3.63, 3.8) is 0 Å². The Hall–Kier alpha value is -1.78. The fourth-order valence-corrected chi connectivity index (χ4v) is 2.53. The summed E-state index contributed by atoms with van der Waals surface area (Å²) in [7, 11) is 0. The summed E-state index contributed by atoms with van der Waals surface area (Å²) in [6.07, 6.45) is 4.24. The number of rotatable bonds is 3. The van der Waals surface area contributed by atoms with Gasteiger partial charge in [-0.1, -0.05) is 6.92 Å². The molecular formula is C14H20N2O3. The van der Waals surface area contributed by atoms with Gasteiger partial charge in [0.2, 0.25) is 5.91 Å². The zero-order valence-electron chi connectivity index (χ0n) is 11.4. The third-order valence-corrected chi connectivity index (χ3v) is 3.48. The molecule has 19 heavy (non-hydrogen) atoms. The van der Waals surface area contributed by atoms with Crippen LogP contribution in [0.15, 0.2) is 16.5 Å². The third-order valence-electron chi connectivity index (χ3n) is 3.48. The maximum atomic E-state index is 12.4. The maximum Gasteiger partial charge on any atom is 0.289 e. The van der Waals surface area contributed by atoms with Crippen LogP contribution in [0.2, 0.25) is 0 Å². The molecule has 0 spiro atoms. The lowest BCUT2D eigenvalue weighted by molar-refractivity contribution is -0.114. The van der Waals surface area contributed by atoms with Gasteiger partial charge in [0.05, 0.1) is 0 Å². The molecule has 1 atom stereocenters. The average Bonchev–Trinajstić information content (AvgIpc) is 2.85. The van der Waals surface area contributed by atoms with E-state index in [4.69, 9.17) is 4.42 Å². The second-order valence-corrected chi connectivity index (χ2v) is 4.90. The normalized spacial score (nSPS) is 19.3. The largest absolute Gasteiger partial charge is 0.435 e. The van der Waals surface area contributed by atoms with Crippen LogP contribution in [0.25, 0.3) is 0 Å². The van der Waals surface area contributed by atoms with E-state index in [1.165, 1.54) is 13.3 Å². The molecule has 1 saturated heterocycles. The minimum Gasteiger partial charge on any atom is -0.435 e. The van der Waals surface area contributed by atoms with E-state index >= 15 is 0 Å². The predicted octanol–water partition coefficient (Wildman–Crippen LogP) is 2.64. The van der Waals surface area contributed by atoms with Crippen molar-refractivity contribution in [2.45, 2.75) is 45.6 Å². The van der Waals surface area contributed by atoms with Gasteiger partial charge >= 0.3 is 0 Å². The van der Waals surface area contributed by atoms with E-state index in [1.807, 2.05) is 4.90 Å². The van der Waals surface area contributed by atoms with Crippen molar-refractivity contribution in [2.75, 3.05) is 11.9 Å². The van der Waals surface area contributed by atoms with Crippen LogP contribution >= 0.6 is 0 Å². The predicted molar refractivity (Wildman–Crippen MR) is 72.0 cm³/mol. The SMILES string of the molecule is CCC1CCCCN1C(=O)c1ccc(NC(C)=O)o1. The van der Waals surface area contributed by atoms with E-state index in [2.05, 4.69) is 12.2 Å². The van der Waals surface area contributed by atoms with Crippen LogP contribution in [0.5, 0.6) is 0 Å². The maximum absolute atomic E-state index is 12.4. The number of likely N-dealkylation sites (tertiary alicyclic amines) is 1. The van der Waals surface area contributed by atoms with Crippen LogP contribution in [0, 0.1) is 0 Å². The molecule has 2 rings (SSSR count). The second-order valence-electron chi connectivity index (χ2n) is 4.90. The van der Waals surface area contributed by atoms with Gasteiger partial charge in [0.15, 0.2) is 11.6 Å². The molecule has 5 heteroatoms. The van der Waals surface area contributed by atoms with Crippen molar-refractivity contribution in [1.29, 1.82) is 0 Å². The molecule has 1 unspecified atom stereocenters. The fraction of sp³-hybridized carbons (Fsp3) is 0.571. The Morgan fingerprint density at radius 1 is 1.42 bits per heavy atom. The number of nitrogens with one attached hydrogen (secondary N) is 1. The van der Waals surface area contributed by atoms with E-state index in [-0.39, 0.29) is 11.8 Å². The van der Waals surface area contributed by atoms with Gasteiger partial charge in [0.1, 0.15) is 0 Å². The molecular weight excluding hydrogens is 244 g/mol. The Bertz CT molecular complexity index is 467. The van der Waals surface area contributed by atoms with Crippen molar-refractivity contribution < 1.29 is 14.0 Å². The lowest BCUT2D eigenvalue weighted by atomic mass is 10.00. The number of hydrogen-bond acceptors (Lipinski definition) is 3. The number of nitrogens with zero attached hydrogens (tertiary/aromatic N) is 1. The van der Waals surface area contributed by atoms with E-state index in [0.29, 0.717) is 17.7 Å². The van der Waals surface area contributed by atoms with Crippen molar-refractivity contribution in [1.82, 2.24) is 4.90 Å². The van der Waals surface area contributed by atoms with Gasteiger partial charge in [-0.15, -0.1) is 0 Å². The zero-order valence-corrected chi connectivity index (χ0v) is 11.4. The highest BCUT2D eigenvalue weighted by Gasteiger charge is 2.28. The van der Waals surface area contributed by atoms with Gasteiger partial charge in [-0.05, 0) is 31.7 Å². The third kappa shape index (κ3) is 3.16. The molecule has 0 radical (unpaired) electrons. The van der Waals surface area contributed by atoms with E-state index in [1.54, 1.807) is 12.1 Å². The number of carbonyl (C=O) groups is 2. The first-order valence-electron chi connectivity index (χ1n) is 6.80. The number of piperidine rings is 1. The van der Waals surface area contributed by atoms with Crippen molar-refractivity contribution in [2.24, 2.45) is 0 Å². The topological polar surface area (TPSA) is 62.6 Å². The molecule has 5 nitrogen and oxygen atoms in total. The van der Waals surface area contributed by atoms with Crippen molar-refractivity contribution in [3.05, 3.63) is 17.9 Å². The molecule has 1 N–H and O–H groups in total. The van der Waals surface area contributed by atoms with E-state index in [9.17, 15) is 9.59 Å². The van der Waals surface area contributed by atoms with Crippen LogP contribution < -0.4 is 5.32 Å². The quantitative estimate of drug-likeness (QED) is 0.912. The molecule has 1 aromatic rings. The molecule has 0 aromatic carbocycles. The van der Waals surface area contributed by atoms with E-state index in [0.717, 1.165) is 25.8 Å². The van der Waals surface area contributed by atoms with Gasteiger partial charge in [-0.3, -0.25) is 14.9 Å². The molecule has 0 bridgehead atoms. The number of furan rings is 1. The Balaban J connectivity index is 2.09. The highest BCUT2D eigenvalue weighted by Crippen LogP contribution is 2.23. The zero-order chi connectivity index (χ0) is 13.8. The summed E-state index contributed by atoms with van der Waals surface area (Å²) in [5.74, 6) is 0.325. The lowest BCUT2D eigenvalue weighted by Crippen LogP contribution is -2.43. The molecule has 1 aliphatic heterocycles. The summed E-state index contributed by atoms with van der Waals surface area (Å²) in [6, 6.07) is 3.53. The summed E-state index contributed by atoms with van der Waals surface area (Å²) < 4.78 is 5.38. The van der Waals surface area contributed by atoms with Crippen molar-refractivity contribution in [3.8, 4) is 0 Å². The monoisotopic (exact) mass is 264 g/mol. The van der Waals surface area contributed by atoms with Gasteiger partial charge in [-0.2, -0.15) is 0 Å². The molecule has 0 aliphatic carbocycles. The Kier molecular flexibility index (Phi) is 4.24. The summed E-state index contributed by atoms with van der Waals surface area (Å²) in [4.78, 5) is 25.2. The Labute approximate surface area is 113 Å². The summed E-state index contributed by atoms with van der Waals surface area (Å²) >= 11 is 0. The summed E-state index contributed by atoms with van der Waals surface area (Å²) in [6.45, 7) is 4.29. The van der Waals surface area contributed by atoms with Gasteiger partial charge in [0, 0.05) is 25.6 Å². The van der Waals surface area contributed by atoms with Crippen LogP contribution in [0.1, 0.15) is 50.1 Å². The summed E-state index contributed by atoms with van der Waals surface area (Å²) in [5, 5.41) is 2.53. The number of amides is 2. The average molecular weight is 264 g/mol. The first kappa shape index (κ1) is 13.6. The van der Waals surface area contributed by atoms with Crippen LogP contribution in [0.3, 0.4) is 0 Å². The standard InChI is InChI=1S/C14H20N2O3/c1-3-11-6-4-5-9-16(11)14(18)12-7-8-13(19-12)15-10(2)17/h7-8,11H,3-6,9H2,1-2H3,(H,15,17). The minimum absolute atomic E-state index is 0.0804. The van der Waals surface area contributed by atoms with Crippen LogP contribution in [-0.4, -0.2) is 29.3 Å². The lowest BCUT2D eigenvalue weighted by Gasteiger charge is -2.34. The van der Waals surface area contributed by atoms with Crippen LogP contribution in [0.4, 0.5) is 5.88 Å². The number of hydrogen-bond donors (Lipinski definition) is 1. The minimum atomic E-state index is -0.210. The fourth-order valence-electron chi connectivity index (χ4n) is 2.53. The summed E-state index contributed by atoms with van der Waals surface area (Å²) in [5.41, 5.74) is 0. The molecule has 2 amide bonds. The highest BCUT2D eigenvalue weighted by molar-refractivity contribution is 5.93. The first-order chi connectivity index (χ1) is 9.11. The number of anilines is 1. The Morgan fingerprint density at radius 2 is 2.21 bits per heavy atom. The molecule has 104 valence electrons. The number of carbonyl (C=O) groups excluding carboxylic acids is 2.